The molecule has 1 amide bonds. The van der Waals surface area contributed by atoms with Gasteiger partial charge in [0.2, 0.25) is 0 Å². The first-order valence-corrected chi connectivity index (χ1v) is 9.00. The molecule has 2 aromatic heterocycles. The van der Waals surface area contributed by atoms with E-state index >= 15 is 0 Å². The van der Waals surface area contributed by atoms with Gasteiger partial charge in [-0.05, 0) is 30.1 Å². The zero-order valence-corrected chi connectivity index (χ0v) is 15.8. The monoisotopic (exact) mass is 386 g/mol. The van der Waals surface area contributed by atoms with Crippen molar-refractivity contribution in [1.82, 2.24) is 19.4 Å². The van der Waals surface area contributed by atoms with Crippen LogP contribution >= 0.6 is 23.9 Å². The Balaban J connectivity index is 0.00000225. The summed E-state index contributed by atoms with van der Waals surface area (Å²) in [6.45, 7) is 5.34. The van der Waals surface area contributed by atoms with E-state index in [4.69, 9.17) is 4.42 Å². The quantitative estimate of drug-likeness (QED) is 0.817. The van der Waals surface area contributed by atoms with Crippen LogP contribution in [0.25, 0.3) is 0 Å². The normalized spacial score (nSPS) is 16.5. The lowest BCUT2D eigenvalue weighted by atomic mass is 10.2. The Labute approximate surface area is 157 Å². The minimum Gasteiger partial charge on any atom is -0.467 e. The van der Waals surface area contributed by atoms with Crippen LogP contribution in [0.5, 0.6) is 0 Å². The molecular weight excluding hydrogens is 364 g/mol. The minimum absolute atomic E-state index is 0. The van der Waals surface area contributed by atoms with Crippen LogP contribution in [0.4, 0.5) is 0 Å². The van der Waals surface area contributed by atoms with Crippen molar-refractivity contribution in [3.8, 4) is 0 Å². The molecule has 0 radical (unpaired) electrons. The van der Waals surface area contributed by atoms with Crippen molar-refractivity contribution >= 4 is 29.8 Å². The number of β-amino-alcohol motifs (C(OH)–C–C–N with tert-alkyl or cyclic N) is 1. The molecular formula is C16H23ClN4O3S. The molecule has 1 saturated heterocycles. The lowest BCUT2D eigenvalue weighted by Gasteiger charge is -2.35. The molecule has 1 unspecified atom stereocenters. The average Bonchev–Trinajstić information content (AvgIpc) is 3.27. The number of amides is 1. The molecule has 1 N–H and O–H groups in total. The summed E-state index contributed by atoms with van der Waals surface area (Å²) >= 11 is 1.18. The first-order chi connectivity index (χ1) is 11.7. The SMILES string of the molecule is CCCc1nnsc1C(=O)N1CCN(CC(O)c2ccco2)CC1.Cl. The standard InChI is InChI=1S/C16H22N4O3S.ClH/c1-2-4-12-15(24-18-17-12)16(22)20-8-6-19(7-9-20)11-13(21)14-5-3-10-23-14;/h3,5,10,13,21H,2,4,6-9,11H2,1H3;1H. The number of aliphatic hydroxyl groups is 1. The number of aryl methyl sites for hydroxylation is 1. The molecule has 1 aliphatic heterocycles. The number of carbonyl (C=O) groups excluding carboxylic acids is 1. The van der Waals surface area contributed by atoms with Gasteiger partial charge in [-0.2, -0.15) is 0 Å². The predicted octanol–water partition coefficient (Wildman–Crippen LogP) is 2.00. The Morgan fingerprint density at radius 1 is 1.40 bits per heavy atom. The van der Waals surface area contributed by atoms with Gasteiger partial charge in [-0.1, -0.05) is 17.8 Å². The number of carbonyl (C=O) groups is 1. The summed E-state index contributed by atoms with van der Waals surface area (Å²) in [5, 5.41) is 14.2. The molecule has 0 bridgehead atoms. The molecule has 0 aromatic carbocycles. The highest BCUT2D eigenvalue weighted by Crippen LogP contribution is 2.19. The molecule has 1 fully saturated rings. The molecule has 1 atom stereocenters. The van der Waals surface area contributed by atoms with Gasteiger partial charge in [0.15, 0.2) is 0 Å². The van der Waals surface area contributed by atoms with Gasteiger partial charge in [0.05, 0.1) is 12.0 Å². The molecule has 0 saturated carbocycles. The molecule has 2 aromatic rings. The maximum atomic E-state index is 12.6. The third kappa shape index (κ3) is 4.78. The maximum absolute atomic E-state index is 12.6. The van der Waals surface area contributed by atoms with Gasteiger partial charge in [0.25, 0.3) is 5.91 Å². The first-order valence-electron chi connectivity index (χ1n) is 8.23. The molecule has 25 heavy (non-hydrogen) atoms. The lowest BCUT2D eigenvalue weighted by Crippen LogP contribution is -2.49. The second-order valence-corrected chi connectivity index (χ2v) is 6.68. The number of furan rings is 1. The van der Waals surface area contributed by atoms with Crippen LogP contribution in [0.1, 0.15) is 40.6 Å². The fourth-order valence-electron chi connectivity index (χ4n) is 2.86. The van der Waals surface area contributed by atoms with E-state index in [1.807, 2.05) is 4.90 Å². The summed E-state index contributed by atoms with van der Waals surface area (Å²) in [6, 6.07) is 3.54. The van der Waals surface area contributed by atoms with Crippen molar-refractivity contribution in [2.45, 2.75) is 25.9 Å². The zero-order valence-electron chi connectivity index (χ0n) is 14.1. The highest BCUT2D eigenvalue weighted by Gasteiger charge is 2.27. The van der Waals surface area contributed by atoms with Crippen molar-refractivity contribution in [3.05, 3.63) is 34.7 Å². The van der Waals surface area contributed by atoms with E-state index in [1.54, 1.807) is 18.4 Å². The highest BCUT2D eigenvalue weighted by atomic mass is 35.5. The van der Waals surface area contributed by atoms with E-state index < -0.39 is 6.10 Å². The van der Waals surface area contributed by atoms with Gasteiger partial charge >= 0.3 is 0 Å². The molecule has 3 heterocycles. The third-order valence-electron chi connectivity index (χ3n) is 4.20. The van der Waals surface area contributed by atoms with E-state index in [1.165, 1.54) is 11.5 Å². The van der Waals surface area contributed by atoms with E-state index in [9.17, 15) is 9.90 Å². The van der Waals surface area contributed by atoms with Crippen molar-refractivity contribution in [2.75, 3.05) is 32.7 Å². The number of hydrogen-bond acceptors (Lipinski definition) is 7. The lowest BCUT2D eigenvalue weighted by molar-refractivity contribution is 0.0488. The number of nitrogens with zero attached hydrogens (tertiary/aromatic N) is 4. The zero-order chi connectivity index (χ0) is 16.9. The summed E-state index contributed by atoms with van der Waals surface area (Å²) in [6.07, 6.45) is 2.66. The van der Waals surface area contributed by atoms with Gasteiger partial charge in [0.1, 0.15) is 16.7 Å². The Morgan fingerprint density at radius 3 is 2.80 bits per heavy atom. The Morgan fingerprint density at radius 2 is 2.16 bits per heavy atom. The van der Waals surface area contributed by atoms with Crippen LogP contribution in [0, 0.1) is 0 Å². The fourth-order valence-corrected chi connectivity index (χ4v) is 3.54. The van der Waals surface area contributed by atoms with E-state index in [-0.39, 0.29) is 18.3 Å². The van der Waals surface area contributed by atoms with E-state index in [0.717, 1.165) is 31.6 Å². The molecule has 1 aliphatic rings. The largest absolute Gasteiger partial charge is 0.467 e. The van der Waals surface area contributed by atoms with E-state index in [0.29, 0.717) is 30.3 Å². The van der Waals surface area contributed by atoms with Crippen molar-refractivity contribution in [1.29, 1.82) is 0 Å². The molecule has 0 spiro atoms. The van der Waals surface area contributed by atoms with Crippen LogP contribution in [-0.2, 0) is 6.42 Å². The van der Waals surface area contributed by atoms with Crippen molar-refractivity contribution in [3.63, 3.8) is 0 Å². The van der Waals surface area contributed by atoms with Gasteiger partial charge < -0.3 is 14.4 Å². The number of hydrogen-bond donors (Lipinski definition) is 1. The number of aliphatic hydroxyl groups excluding tert-OH is 1. The van der Waals surface area contributed by atoms with Crippen molar-refractivity contribution < 1.29 is 14.3 Å². The molecule has 0 aliphatic carbocycles. The molecule has 3 rings (SSSR count). The summed E-state index contributed by atoms with van der Waals surface area (Å²) in [4.78, 5) is 17.3. The topological polar surface area (TPSA) is 82.7 Å². The summed E-state index contributed by atoms with van der Waals surface area (Å²) < 4.78 is 9.16. The Bertz CT molecular complexity index is 656. The average molecular weight is 387 g/mol. The van der Waals surface area contributed by atoms with Gasteiger partial charge in [0, 0.05) is 32.7 Å². The van der Waals surface area contributed by atoms with Crippen molar-refractivity contribution in [2.24, 2.45) is 0 Å². The summed E-state index contributed by atoms with van der Waals surface area (Å²) in [5.41, 5.74) is 0.808. The minimum atomic E-state index is -0.635. The van der Waals surface area contributed by atoms with Crippen LogP contribution < -0.4 is 0 Å². The van der Waals surface area contributed by atoms with Gasteiger partial charge in [-0.15, -0.1) is 17.5 Å². The smallest absolute Gasteiger partial charge is 0.267 e. The second-order valence-electron chi connectivity index (χ2n) is 5.92. The molecule has 7 nitrogen and oxygen atoms in total. The number of halogens is 1. The number of aromatic nitrogens is 2. The van der Waals surface area contributed by atoms with Crippen LogP contribution in [0.2, 0.25) is 0 Å². The predicted molar refractivity (Wildman–Crippen MR) is 97.2 cm³/mol. The van der Waals surface area contributed by atoms with Crippen LogP contribution in [0.15, 0.2) is 22.8 Å². The van der Waals surface area contributed by atoms with Crippen LogP contribution in [-0.4, -0.2) is 63.1 Å². The number of rotatable bonds is 6. The highest BCUT2D eigenvalue weighted by molar-refractivity contribution is 7.08. The van der Waals surface area contributed by atoms with Gasteiger partial charge in [-0.3, -0.25) is 9.69 Å². The summed E-state index contributed by atoms with van der Waals surface area (Å²) in [5.74, 6) is 0.605. The second kappa shape index (κ2) is 9.28. The Kier molecular flexibility index (Phi) is 7.37. The van der Waals surface area contributed by atoms with Crippen LogP contribution in [0.3, 0.4) is 0 Å². The first kappa shape index (κ1) is 19.8. The third-order valence-corrected chi connectivity index (χ3v) is 4.96. The summed E-state index contributed by atoms with van der Waals surface area (Å²) in [7, 11) is 0. The van der Waals surface area contributed by atoms with E-state index in [2.05, 4.69) is 21.4 Å². The molecule has 9 heteroatoms. The van der Waals surface area contributed by atoms with Gasteiger partial charge in [-0.25, -0.2) is 0 Å². The fraction of sp³-hybridized carbons (Fsp3) is 0.562. The molecule has 138 valence electrons. The number of piperazine rings is 1. The Hall–Kier alpha value is -1.48. The maximum Gasteiger partial charge on any atom is 0.267 e.